The number of aryl methyl sites for hydroxylation is 1. The van der Waals surface area contributed by atoms with Crippen LogP contribution in [0.3, 0.4) is 0 Å². The predicted octanol–water partition coefficient (Wildman–Crippen LogP) is 3.76. The van der Waals surface area contributed by atoms with E-state index in [4.69, 9.17) is 10.1 Å². The van der Waals surface area contributed by atoms with Crippen molar-refractivity contribution < 1.29 is 9.53 Å². The van der Waals surface area contributed by atoms with Crippen LogP contribution in [-0.2, 0) is 0 Å². The Hall–Kier alpha value is -3.22. The van der Waals surface area contributed by atoms with Gasteiger partial charge in [0.25, 0.3) is 5.91 Å². The number of ether oxygens (including phenoxy) is 1. The molecule has 1 aromatic heterocycles. The first-order valence-electron chi connectivity index (χ1n) is 9.83. The molecule has 1 saturated heterocycles. The lowest BCUT2D eigenvalue weighted by molar-refractivity contribution is 0.0449. The van der Waals surface area contributed by atoms with E-state index in [0.29, 0.717) is 23.7 Å². The molecule has 1 amide bonds. The quantitative estimate of drug-likeness (QED) is 0.554. The molecule has 2 atom stereocenters. The van der Waals surface area contributed by atoms with E-state index in [-0.39, 0.29) is 17.9 Å². The Kier molecular flexibility index (Phi) is 6.94. The molecule has 152 valence electrons. The number of nitrogens with zero attached hydrogens (tertiary/aromatic N) is 3. The van der Waals surface area contributed by atoms with Crippen molar-refractivity contribution in [1.82, 2.24) is 9.88 Å². The van der Waals surface area contributed by atoms with Gasteiger partial charge < -0.3 is 15.0 Å². The van der Waals surface area contributed by atoms with Gasteiger partial charge in [-0.15, -0.1) is 0 Å². The third kappa shape index (κ3) is 5.19. The Morgan fingerprint density at radius 1 is 1.41 bits per heavy atom. The highest BCUT2D eigenvalue weighted by Crippen LogP contribution is 2.28. The number of benzene rings is 1. The smallest absolute Gasteiger partial charge is 0.256 e. The highest BCUT2D eigenvalue weighted by atomic mass is 16.5. The van der Waals surface area contributed by atoms with E-state index in [1.165, 1.54) is 6.21 Å². The van der Waals surface area contributed by atoms with Crippen molar-refractivity contribution >= 4 is 24.0 Å². The Bertz CT molecular complexity index is 869. The van der Waals surface area contributed by atoms with Gasteiger partial charge in [0.2, 0.25) is 5.88 Å². The number of likely N-dealkylation sites (tertiary alicyclic amines) is 1. The number of hydrogen-bond acceptors (Lipinski definition) is 6. The van der Waals surface area contributed by atoms with Crippen LogP contribution < -0.4 is 10.2 Å². The molecule has 2 heterocycles. The number of rotatable bonds is 7. The lowest BCUT2D eigenvalue weighted by Crippen LogP contribution is -2.48. The van der Waals surface area contributed by atoms with E-state index in [0.717, 1.165) is 31.2 Å². The van der Waals surface area contributed by atoms with Crippen LogP contribution in [0.5, 0.6) is 5.88 Å². The summed E-state index contributed by atoms with van der Waals surface area (Å²) in [5, 5.41) is 11.0. The molecular formula is C22H27N5O2. The van der Waals surface area contributed by atoms with Gasteiger partial charge >= 0.3 is 0 Å². The fraction of sp³-hybridized carbons (Fsp3) is 0.364. The largest absolute Gasteiger partial charge is 0.477 e. The maximum Gasteiger partial charge on any atom is 0.256 e. The van der Waals surface area contributed by atoms with E-state index in [2.05, 4.69) is 22.4 Å². The second-order valence-corrected chi connectivity index (χ2v) is 7.23. The molecule has 0 saturated carbocycles. The van der Waals surface area contributed by atoms with Crippen molar-refractivity contribution in [2.75, 3.05) is 18.6 Å². The number of nitrogens with one attached hydrogen (secondary N) is 2. The van der Waals surface area contributed by atoms with E-state index in [1.807, 2.05) is 48.2 Å². The van der Waals surface area contributed by atoms with Crippen molar-refractivity contribution in [2.24, 2.45) is 11.0 Å². The van der Waals surface area contributed by atoms with Gasteiger partial charge in [-0.2, -0.15) is 5.10 Å². The first-order chi connectivity index (χ1) is 14.1. The average Bonchev–Trinajstić information content (AvgIpc) is 2.74. The number of aromatic nitrogens is 1. The molecular weight excluding hydrogens is 366 g/mol. The number of pyridine rings is 1. The normalized spacial score (nSPS) is 19.2. The molecule has 29 heavy (non-hydrogen) atoms. The Balaban J connectivity index is 1.73. The molecule has 0 radical (unpaired) electrons. The molecule has 0 spiro atoms. The third-order valence-electron chi connectivity index (χ3n) is 5.23. The van der Waals surface area contributed by atoms with E-state index in [9.17, 15) is 4.79 Å². The SMILES string of the molecule is Cc1ccc(N/N=C\C=N)c(C(=O)N2CCC[C@@H](COc3ccccn3)[C@@H]2C)c1. The highest BCUT2D eigenvalue weighted by Gasteiger charge is 2.33. The number of carbonyl (C=O) groups is 1. The van der Waals surface area contributed by atoms with Crippen molar-refractivity contribution in [1.29, 1.82) is 5.41 Å². The fourth-order valence-corrected chi connectivity index (χ4v) is 3.59. The number of hydrogen-bond donors (Lipinski definition) is 2. The van der Waals surface area contributed by atoms with Gasteiger partial charge in [-0.25, -0.2) is 4.98 Å². The van der Waals surface area contributed by atoms with Crippen molar-refractivity contribution in [3.8, 4) is 5.88 Å². The van der Waals surface area contributed by atoms with Crippen LogP contribution in [0.1, 0.15) is 35.7 Å². The van der Waals surface area contributed by atoms with Gasteiger partial charge in [0, 0.05) is 37.0 Å². The molecule has 2 aromatic rings. The van der Waals surface area contributed by atoms with Gasteiger partial charge in [0.1, 0.15) is 0 Å². The maximum absolute atomic E-state index is 13.4. The van der Waals surface area contributed by atoms with Crippen molar-refractivity contribution in [2.45, 2.75) is 32.7 Å². The number of amides is 1. The molecule has 1 aliphatic heterocycles. The first-order valence-corrected chi connectivity index (χ1v) is 9.83. The minimum atomic E-state index is -0.0173. The van der Waals surface area contributed by atoms with Gasteiger partial charge in [0.05, 0.1) is 24.1 Å². The van der Waals surface area contributed by atoms with Gasteiger partial charge in [-0.1, -0.05) is 17.7 Å². The second kappa shape index (κ2) is 9.82. The summed E-state index contributed by atoms with van der Waals surface area (Å²) in [5.74, 6) is 0.834. The number of anilines is 1. The highest BCUT2D eigenvalue weighted by molar-refractivity contribution is 6.14. The summed E-state index contributed by atoms with van der Waals surface area (Å²) < 4.78 is 5.86. The third-order valence-corrected chi connectivity index (χ3v) is 5.23. The van der Waals surface area contributed by atoms with Crippen LogP contribution in [0.2, 0.25) is 0 Å². The van der Waals surface area contributed by atoms with E-state index < -0.39 is 0 Å². The molecule has 1 fully saturated rings. The summed E-state index contributed by atoms with van der Waals surface area (Å²) in [6.07, 6.45) is 6.08. The van der Waals surface area contributed by atoms with Crippen LogP contribution in [-0.4, -0.2) is 47.4 Å². The van der Waals surface area contributed by atoms with Crippen LogP contribution in [0, 0.1) is 18.3 Å². The lowest BCUT2D eigenvalue weighted by Gasteiger charge is -2.39. The van der Waals surface area contributed by atoms with Crippen molar-refractivity contribution in [3.63, 3.8) is 0 Å². The maximum atomic E-state index is 13.4. The van der Waals surface area contributed by atoms with Crippen LogP contribution in [0.15, 0.2) is 47.7 Å². The number of carbonyl (C=O) groups excluding carboxylic acids is 1. The predicted molar refractivity (Wildman–Crippen MR) is 115 cm³/mol. The molecule has 0 bridgehead atoms. The zero-order chi connectivity index (χ0) is 20.6. The monoisotopic (exact) mass is 393 g/mol. The summed E-state index contributed by atoms with van der Waals surface area (Å²) in [6.45, 7) is 5.30. The minimum absolute atomic E-state index is 0.0173. The van der Waals surface area contributed by atoms with Crippen LogP contribution >= 0.6 is 0 Å². The molecule has 0 aliphatic carbocycles. The van der Waals surface area contributed by atoms with Gasteiger partial charge in [0.15, 0.2) is 0 Å². The summed E-state index contributed by atoms with van der Waals surface area (Å²) in [6, 6.07) is 11.3. The zero-order valence-corrected chi connectivity index (χ0v) is 16.8. The molecule has 7 heteroatoms. The minimum Gasteiger partial charge on any atom is -0.477 e. The number of piperidine rings is 1. The second-order valence-electron chi connectivity index (χ2n) is 7.23. The summed E-state index contributed by atoms with van der Waals surface area (Å²) in [5.41, 5.74) is 5.11. The lowest BCUT2D eigenvalue weighted by atomic mass is 9.90. The Morgan fingerprint density at radius 2 is 2.28 bits per heavy atom. The van der Waals surface area contributed by atoms with Crippen LogP contribution in [0.4, 0.5) is 5.69 Å². The first kappa shape index (κ1) is 20.5. The number of hydrazone groups is 1. The molecule has 3 rings (SSSR count). The standard InChI is InChI=1S/C22H27N5O2/c1-16-8-9-20(26-25-12-10-23)19(14-16)22(28)27-13-5-6-18(17(27)2)15-29-21-7-3-4-11-24-21/h3-4,7-12,14,17-18,23,26H,5-6,13,15H2,1-2H3/b23-10?,25-12-/t17-,18-/m0/s1. The average molecular weight is 393 g/mol. The van der Waals surface area contributed by atoms with Crippen molar-refractivity contribution in [3.05, 3.63) is 53.7 Å². The van der Waals surface area contributed by atoms with Gasteiger partial charge in [-0.3, -0.25) is 10.2 Å². The van der Waals surface area contributed by atoms with Gasteiger partial charge in [-0.05, 0) is 44.9 Å². The summed E-state index contributed by atoms with van der Waals surface area (Å²) >= 11 is 0. The zero-order valence-electron chi connectivity index (χ0n) is 16.8. The van der Waals surface area contributed by atoms with E-state index in [1.54, 1.807) is 6.20 Å². The van der Waals surface area contributed by atoms with E-state index >= 15 is 0 Å². The fourth-order valence-electron chi connectivity index (χ4n) is 3.59. The Labute approximate surface area is 171 Å². The topological polar surface area (TPSA) is 90.7 Å². The summed E-state index contributed by atoms with van der Waals surface area (Å²) in [4.78, 5) is 19.5. The van der Waals surface area contributed by atoms with Crippen LogP contribution in [0.25, 0.3) is 0 Å². The molecule has 2 N–H and O–H groups in total. The molecule has 7 nitrogen and oxygen atoms in total. The molecule has 1 aliphatic rings. The summed E-state index contributed by atoms with van der Waals surface area (Å²) in [7, 11) is 0. The molecule has 1 aromatic carbocycles. The molecule has 0 unspecified atom stereocenters. The Morgan fingerprint density at radius 3 is 3.03 bits per heavy atom.